The summed E-state index contributed by atoms with van der Waals surface area (Å²) >= 11 is 23.3. The molecule has 1 aromatic heterocycles. The zero-order chi connectivity index (χ0) is 24.5. The number of nitrogens with one attached hydrogen (secondary N) is 1. The van der Waals surface area contributed by atoms with E-state index in [-0.39, 0.29) is 11.0 Å². The lowest BCUT2D eigenvalue weighted by atomic mass is 10.3. The summed E-state index contributed by atoms with van der Waals surface area (Å²) in [6.07, 6.45) is 2.18. The highest BCUT2D eigenvalue weighted by Gasteiger charge is 2.23. The first kappa shape index (κ1) is 25.9. The van der Waals surface area contributed by atoms with E-state index >= 15 is 0 Å². The van der Waals surface area contributed by atoms with Gasteiger partial charge in [0.1, 0.15) is 21.8 Å². The Morgan fingerprint density at radius 1 is 1.18 bits per heavy atom. The molecule has 12 heteroatoms. The van der Waals surface area contributed by atoms with Crippen LogP contribution in [0.1, 0.15) is 6.42 Å². The molecule has 1 aliphatic heterocycles. The molecule has 2 aromatic carbocycles. The van der Waals surface area contributed by atoms with Crippen LogP contribution in [0.5, 0.6) is 5.75 Å². The standard InChI is InChI=1S/C22H19BrCl3N3O3S2/c1-29-8-7-14(12-29)32-19-9-13(5-6-17(19)24)28-34(30,31)15-10-16(23)22(27-11-15)33-20-4-2-3-18(25)21(20)26/h2-6,9-11,14,28H,7-8,12H2,1H3/t14-/m1/s1. The van der Waals surface area contributed by atoms with Gasteiger partial charge in [0.05, 0.1) is 25.2 Å². The lowest BCUT2D eigenvalue weighted by molar-refractivity contribution is 0.208. The topological polar surface area (TPSA) is 71.5 Å². The highest BCUT2D eigenvalue weighted by molar-refractivity contribution is 9.10. The molecule has 0 amide bonds. The minimum absolute atomic E-state index is 0.00393. The molecule has 4 rings (SSSR count). The van der Waals surface area contributed by atoms with Crippen LogP contribution in [0.25, 0.3) is 0 Å². The fourth-order valence-electron chi connectivity index (χ4n) is 3.34. The van der Waals surface area contributed by atoms with Gasteiger partial charge in [-0.25, -0.2) is 13.4 Å². The van der Waals surface area contributed by atoms with Gasteiger partial charge >= 0.3 is 0 Å². The summed E-state index contributed by atoms with van der Waals surface area (Å²) in [5.74, 6) is 0.437. The maximum Gasteiger partial charge on any atom is 0.263 e. The molecule has 3 aromatic rings. The molecule has 34 heavy (non-hydrogen) atoms. The Bertz CT molecular complexity index is 1330. The van der Waals surface area contributed by atoms with Gasteiger partial charge in [0.25, 0.3) is 10.0 Å². The first-order valence-corrected chi connectivity index (χ1v) is 14.3. The summed E-state index contributed by atoms with van der Waals surface area (Å²) in [6.45, 7) is 1.73. The van der Waals surface area contributed by atoms with Gasteiger partial charge in [-0.2, -0.15) is 0 Å². The van der Waals surface area contributed by atoms with Crippen LogP contribution >= 0.6 is 62.5 Å². The first-order chi connectivity index (χ1) is 16.1. The second kappa shape index (κ2) is 10.8. The molecule has 0 unspecified atom stereocenters. The van der Waals surface area contributed by atoms with Crippen LogP contribution in [-0.4, -0.2) is 44.5 Å². The summed E-state index contributed by atoms with van der Waals surface area (Å²) in [5, 5.41) is 1.80. The van der Waals surface area contributed by atoms with Gasteiger partial charge in [-0.1, -0.05) is 52.6 Å². The number of aromatic nitrogens is 1. The van der Waals surface area contributed by atoms with Crippen LogP contribution < -0.4 is 9.46 Å². The molecule has 0 spiro atoms. The summed E-state index contributed by atoms with van der Waals surface area (Å²) in [5.41, 5.74) is 0.339. The summed E-state index contributed by atoms with van der Waals surface area (Å²) in [6, 6.07) is 11.5. The number of hydrogen-bond donors (Lipinski definition) is 1. The van der Waals surface area contributed by atoms with Gasteiger partial charge in [0, 0.05) is 30.2 Å². The molecule has 0 bridgehead atoms. The third-order valence-electron chi connectivity index (χ3n) is 5.04. The second-order valence-corrected chi connectivity index (χ2v) is 12.4. The minimum atomic E-state index is -3.91. The van der Waals surface area contributed by atoms with E-state index in [0.717, 1.165) is 19.5 Å². The number of anilines is 1. The van der Waals surface area contributed by atoms with Crippen LogP contribution in [0, 0.1) is 0 Å². The molecule has 1 saturated heterocycles. The lowest BCUT2D eigenvalue weighted by Crippen LogP contribution is -2.21. The van der Waals surface area contributed by atoms with Crippen LogP contribution in [-0.2, 0) is 10.0 Å². The number of nitrogens with zero attached hydrogens (tertiary/aromatic N) is 2. The maximum atomic E-state index is 13.0. The molecule has 0 saturated carbocycles. The number of likely N-dealkylation sites (tertiary alicyclic amines) is 1. The Morgan fingerprint density at radius 2 is 1.97 bits per heavy atom. The van der Waals surface area contributed by atoms with Crippen molar-refractivity contribution < 1.29 is 13.2 Å². The van der Waals surface area contributed by atoms with Gasteiger partial charge in [0.2, 0.25) is 0 Å². The Balaban J connectivity index is 1.51. The van der Waals surface area contributed by atoms with Crippen molar-refractivity contribution in [2.24, 2.45) is 0 Å². The highest BCUT2D eigenvalue weighted by Crippen LogP contribution is 2.39. The van der Waals surface area contributed by atoms with E-state index in [0.29, 0.717) is 40.9 Å². The van der Waals surface area contributed by atoms with Crippen molar-refractivity contribution in [1.29, 1.82) is 0 Å². The molecule has 1 atom stereocenters. The number of likely N-dealkylation sites (N-methyl/N-ethyl adjacent to an activating group) is 1. The van der Waals surface area contributed by atoms with Gasteiger partial charge in [0.15, 0.2) is 0 Å². The Hall–Kier alpha value is -1.20. The normalized spacial score (nSPS) is 16.6. The molecule has 180 valence electrons. The number of pyridine rings is 1. The molecule has 6 nitrogen and oxygen atoms in total. The molecule has 1 N–H and O–H groups in total. The van der Waals surface area contributed by atoms with Gasteiger partial charge in [-0.3, -0.25) is 4.72 Å². The maximum absolute atomic E-state index is 13.0. The van der Waals surface area contributed by atoms with Crippen molar-refractivity contribution in [3.05, 3.63) is 68.2 Å². The average molecular weight is 624 g/mol. The molecule has 1 aliphatic rings. The summed E-state index contributed by atoms with van der Waals surface area (Å²) < 4.78 is 35.1. The van der Waals surface area contributed by atoms with Crippen molar-refractivity contribution in [3.8, 4) is 5.75 Å². The largest absolute Gasteiger partial charge is 0.487 e. The zero-order valence-corrected chi connectivity index (χ0v) is 23.3. The van der Waals surface area contributed by atoms with Crippen LogP contribution in [0.2, 0.25) is 15.1 Å². The minimum Gasteiger partial charge on any atom is -0.487 e. The summed E-state index contributed by atoms with van der Waals surface area (Å²) in [4.78, 5) is 7.17. The smallest absolute Gasteiger partial charge is 0.263 e. The third-order valence-corrected chi connectivity index (χ3v) is 9.58. The second-order valence-electron chi connectivity index (χ2n) is 7.65. The van der Waals surface area contributed by atoms with Crippen molar-refractivity contribution in [2.75, 3.05) is 24.9 Å². The number of sulfonamides is 1. The third kappa shape index (κ3) is 6.13. The van der Waals surface area contributed by atoms with E-state index in [4.69, 9.17) is 39.5 Å². The first-order valence-electron chi connectivity index (χ1n) is 10.1. The number of rotatable bonds is 7. The van der Waals surface area contributed by atoms with Crippen LogP contribution in [0.3, 0.4) is 0 Å². The fraction of sp³-hybridized carbons (Fsp3) is 0.227. The van der Waals surface area contributed by atoms with E-state index in [9.17, 15) is 8.42 Å². The van der Waals surface area contributed by atoms with Crippen LogP contribution in [0.4, 0.5) is 5.69 Å². The molecule has 2 heterocycles. The number of halogens is 4. The van der Waals surface area contributed by atoms with E-state index in [2.05, 4.69) is 30.5 Å². The van der Waals surface area contributed by atoms with E-state index in [1.54, 1.807) is 30.3 Å². The SMILES string of the molecule is CN1CC[C@@H](Oc2cc(NS(=O)(=O)c3cnc(Sc4cccc(Cl)c4Cl)c(Br)c3)ccc2Cl)C1. The van der Waals surface area contributed by atoms with Gasteiger partial charge < -0.3 is 9.64 Å². The predicted molar refractivity (Wildman–Crippen MR) is 141 cm³/mol. The molecule has 0 aliphatic carbocycles. The molecule has 1 fully saturated rings. The van der Waals surface area contributed by atoms with Crippen molar-refractivity contribution in [2.45, 2.75) is 27.3 Å². The average Bonchev–Trinajstić information content (AvgIpc) is 3.19. The Morgan fingerprint density at radius 3 is 2.68 bits per heavy atom. The lowest BCUT2D eigenvalue weighted by Gasteiger charge is -2.16. The quantitative estimate of drug-likeness (QED) is 0.311. The van der Waals surface area contributed by atoms with E-state index in [1.165, 1.54) is 24.0 Å². The molecular formula is C22H19BrCl3N3O3S2. The monoisotopic (exact) mass is 621 g/mol. The fourth-order valence-corrected chi connectivity index (χ4v) is 6.55. The Labute approximate surface area is 226 Å². The molecular weight excluding hydrogens is 605 g/mol. The Kier molecular flexibility index (Phi) is 8.24. The zero-order valence-electron chi connectivity index (χ0n) is 17.8. The predicted octanol–water partition coefficient (Wildman–Crippen LogP) is 6.84. The van der Waals surface area contributed by atoms with Crippen LogP contribution in [0.15, 0.2) is 68.0 Å². The summed E-state index contributed by atoms with van der Waals surface area (Å²) in [7, 11) is -1.89. The highest BCUT2D eigenvalue weighted by atomic mass is 79.9. The van der Waals surface area contributed by atoms with E-state index < -0.39 is 10.0 Å². The van der Waals surface area contributed by atoms with E-state index in [1.807, 2.05) is 13.1 Å². The number of hydrogen-bond acceptors (Lipinski definition) is 6. The van der Waals surface area contributed by atoms with Gasteiger partial charge in [-0.05, 0) is 59.7 Å². The van der Waals surface area contributed by atoms with Crippen molar-refractivity contribution in [3.63, 3.8) is 0 Å². The molecule has 0 radical (unpaired) electrons. The van der Waals surface area contributed by atoms with Crippen molar-refractivity contribution >= 4 is 78.2 Å². The number of ether oxygens (including phenoxy) is 1. The van der Waals surface area contributed by atoms with Gasteiger partial charge in [-0.15, -0.1) is 0 Å². The number of benzene rings is 2. The van der Waals surface area contributed by atoms with Crippen molar-refractivity contribution in [1.82, 2.24) is 9.88 Å².